The highest BCUT2D eigenvalue weighted by Crippen LogP contribution is 2.15. The van der Waals surface area contributed by atoms with Crippen LogP contribution in [0.1, 0.15) is 32.1 Å². The molecule has 3 amide bonds. The topological polar surface area (TPSA) is 73.5 Å². The summed E-state index contributed by atoms with van der Waals surface area (Å²) < 4.78 is 12.9. The van der Waals surface area contributed by atoms with E-state index in [4.69, 9.17) is 0 Å². The first kappa shape index (κ1) is 20.5. The summed E-state index contributed by atoms with van der Waals surface area (Å²) in [5.41, 5.74) is 0.551. The Morgan fingerprint density at radius 1 is 1.15 bits per heavy atom. The zero-order chi connectivity index (χ0) is 17.6. The Hall–Kier alpha value is -1.86. The fraction of sp³-hybridized carbons (Fsp3) is 0.556. The molecule has 2 aliphatic heterocycles. The SMILES string of the molecule is Cl.O=C(Nc1ccc(F)cc1)NC1CCN(C(=O)CC2CCCN2)CC1. The van der Waals surface area contributed by atoms with Gasteiger partial charge in [0.05, 0.1) is 0 Å². The van der Waals surface area contributed by atoms with Crippen molar-refractivity contribution in [2.45, 2.75) is 44.2 Å². The van der Waals surface area contributed by atoms with E-state index in [1.54, 1.807) is 0 Å². The van der Waals surface area contributed by atoms with Gasteiger partial charge in [0.2, 0.25) is 5.91 Å². The average Bonchev–Trinajstić information content (AvgIpc) is 3.10. The summed E-state index contributed by atoms with van der Waals surface area (Å²) in [5.74, 6) is -0.135. The van der Waals surface area contributed by atoms with Crippen LogP contribution in [0.2, 0.25) is 0 Å². The third kappa shape index (κ3) is 5.85. The molecule has 0 aromatic heterocycles. The molecule has 1 aromatic carbocycles. The number of amides is 3. The van der Waals surface area contributed by atoms with Crippen molar-refractivity contribution in [3.05, 3.63) is 30.1 Å². The van der Waals surface area contributed by atoms with Crippen LogP contribution in [0.15, 0.2) is 24.3 Å². The van der Waals surface area contributed by atoms with E-state index in [-0.39, 0.29) is 36.2 Å². The summed E-state index contributed by atoms with van der Waals surface area (Å²) >= 11 is 0. The normalized spacial score (nSPS) is 20.3. The zero-order valence-electron chi connectivity index (χ0n) is 14.7. The van der Waals surface area contributed by atoms with Crippen molar-refractivity contribution >= 4 is 30.0 Å². The number of nitrogens with one attached hydrogen (secondary N) is 3. The highest BCUT2D eigenvalue weighted by atomic mass is 35.5. The van der Waals surface area contributed by atoms with E-state index in [1.807, 2.05) is 4.90 Å². The molecule has 2 aliphatic rings. The van der Waals surface area contributed by atoms with E-state index in [0.717, 1.165) is 32.2 Å². The van der Waals surface area contributed by atoms with Gasteiger partial charge in [-0.15, -0.1) is 12.4 Å². The van der Waals surface area contributed by atoms with Crippen LogP contribution in [0.5, 0.6) is 0 Å². The predicted molar refractivity (Wildman–Crippen MR) is 101 cm³/mol. The number of nitrogens with zero attached hydrogens (tertiary/aromatic N) is 1. The number of benzene rings is 1. The number of carbonyl (C=O) groups excluding carboxylic acids is 2. The molecular weight excluding hydrogens is 359 g/mol. The molecule has 144 valence electrons. The Labute approximate surface area is 159 Å². The van der Waals surface area contributed by atoms with Crippen molar-refractivity contribution in [1.82, 2.24) is 15.5 Å². The van der Waals surface area contributed by atoms with Crippen molar-refractivity contribution in [3.63, 3.8) is 0 Å². The van der Waals surface area contributed by atoms with Crippen LogP contribution in [0.3, 0.4) is 0 Å². The summed E-state index contributed by atoms with van der Waals surface area (Å²) in [6, 6.07) is 5.73. The first-order valence-corrected chi connectivity index (χ1v) is 8.94. The molecule has 3 rings (SSSR count). The van der Waals surface area contributed by atoms with Gasteiger partial charge >= 0.3 is 6.03 Å². The predicted octanol–water partition coefficient (Wildman–Crippen LogP) is 2.50. The molecule has 6 nitrogen and oxygen atoms in total. The number of urea groups is 1. The molecule has 2 heterocycles. The Morgan fingerprint density at radius 2 is 1.85 bits per heavy atom. The maximum atomic E-state index is 12.9. The van der Waals surface area contributed by atoms with Crippen LogP contribution in [0.25, 0.3) is 0 Å². The average molecular weight is 385 g/mol. The van der Waals surface area contributed by atoms with Crippen molar-refractivity contribution in [1.29, 1.82) is 0 Å². The van der Waals surface area contributed by atoms with Gasteiger partial charge in [-0.25, -0.2) is 9.18 Å². The largest absolute Gasteiger partial charge is 0.342 e. The Balaban J connectivity index is 0.00000243. The third-order valence-electron chi connectivity index (χ3n) is 4.87. The molecule has 3 N–H and O–H groups in total. The Morgan fingerprint density at radius 3 is 2.46 bits per heavy atom. The van der Waals surface area contributed by atoms with E-state index >= 15 is 0 Å². The summed E-state index contributed by atoms with van der Waals surface area (Å²) in [6.45, 7) is 2.35. The number of rotatable bonds is 4. The fourth-order valence-electron chi connectivity index (χ4n) is 3.43. The van der Waals surface area contributed by atoms with Gasteiger partial charge in [-0.3, -0.25) is 4.79 Å². The van der Waals surface area contributed by atoms with Gasteiger partial charge < -0.3 is 20.9 Å². The van der Waals surface area contributed by atoms with E-state index in [2.05, 4.69) is 16.0 Å². The second-order valence-corrected chi connectivity index (χ2v) is 6.76. The molecule has 1 unspecified atom stereocenters. The van der Waals surface area contributed by atoms with Crippen LogP contribution in [-0.4, -0.2) is 48.6 Å². The fourth-order valence-corrected chi connectivity index (χ4v) is 3.43. The summed E-state index contributed by atoms with van der Waals surface area (Å²) in [6.07, 6.45) is 4.30. The van der Waals surface area contributed by atoms with E-state index < -0.39 is 0 Å². The van der Waals surface area contributed by atoms with Crippen molar-refractivity contribution in [3.8, 4) is 0 Å². The maximum absolute atomic E-state index is 12.9. The number of piperidine rings is 1. The number of halogens is 2. The summed E-state index contributed by atoms with van der Waals surface area (Å²) in [7, 11) is 0. The van der Waals surface area contributed by atoms with Gasteiger partial charge in [0.1, 0.15) is 5.82 Å². The lowest BCUT2D eigenvalue weighted by molar-refractivity contribution is -0.132. The summed E-state index contributed by atoms with van der Waals surface area (Å²) in [5, 5.41) is 8.97. The van der Waals surface area contributed by atoms with E-state index in [9.17, 15) is 14.0 Å². The van der Waals surface area contributed by atoms with Crippen LogP contribution in [0.4, 0.5) is 14.9 Å². The molecule has 0 saturated carbocycles. The smallest absolute Gasteiger partial charge is 0.319 e. The van der Waals surface area contributed by atoms with Crippen LogP contribution in [0, 0.1) is 5.82 Å². The number of likely N-dealkylation sites (tertiary alicyclic amines) is 1. The number of carbonyl (C=O) groups is 2. The molecule has 26 heavy (non-hydrogen) atoms. The molecule has 0 spiro atoms. The number of hydrogen-bond acceptors (Lipinski definition) is 3. The molecule has 0 bridgehead atoms. The lowest BCUT2D eigenvalue weighted by Crippen LogP contribution is -2.48. The molecule has 0 aliphatic carbocycles. The molecular formula is C18H26ClFN4O2. The zero-order valence-corrected chi connectivity index (χ0v) is 15.5. The Kier molecular flexibility index (Phi) is 7.66. The second-order valence-electron chi connectivity index (χ2n) is 6.76. The second kappa shape index (κ2) is 9.73. The molecule has 1 aromatic rings. The highest BCUT2D eigenvalue weighted by molar-refractivity contribution is 5.89. The molecule has 2 fully saturated rings. The minimum absolute atomic E-state index is 0. The van der Waals surface area contributed by atoms with Gasteiger partial charge in [-0.2, -0.15) is 0 Å². The molecule has 8 heteroatoms. The monoisotopic (exact) mass is 384 g/mol. The Bertz CT molecular complexity index is 600. The summed E-state index contributed by atoms with van der Waals surface area (Å²) in [4.78, 5) is 26.2. The standard InChI is InChI=1S/C18H25FN4O2.ClH/c19-13-3-5-14(6-4-13)21-18(25)22-15-7-10-23(11-8-15)17(24)12-16-2-1-9-20-16;/h3-6,15-16,20H,1-2,7-12H2,(H2,21,22,25);1H. The van der Waals surface area contributed by atoms with Gasteiger partial charge in [0, 0.05) is 37.3 Å². The van der Waals surface area contributed by atoms with E-state index in [1.165, 1.54) is 24.3 Å². The van der Waals surface area contributed by atoms with Gasteiger partial charge in [0.15, 0.2) is 0 Å². The number of hydrogen-bond donors (Lipinski definition) is 3. The quantitative estimate of drug-likeness (QED) is 0.746. The van der Waals surface area contributed by atoms with Crippen molar-refractivity contribution < 1.29 is 14.0 Å². The first-order chi connectivity index (χ1) is 12.1. The molecule has 2 saturated heterocycles. The minimum Gasteiger partial charge on any atom is -0.342 e. The lowest BCUT2D eigenvalue weighted by Gasteiger charge is -2.33. The van der Waals surface area contributed by atoms with Gasteiger partial charge in [0.25, 0.3) is 0 Å². The number of anilines is 1. The van der Waals surface area contributed by atoms with E-state index in [0.29, 0.717) is 31.2 Å². The molecule has 1 atom stereocenters. The van der Waals surface area contributed by atoms with Crippen molar-refractivity contribution in [2.75, 3.05) is 25.0 Å². The highest BCUT2D eigenvalue weighted by Gasteiger charge is 2.26. The van der Waals surface area contributed by atoms with Gasteiger partial charge in [-0.1, -0.05) is 0 Å². The first-order valence-electron chi connectivity index (χ1n) is 8.94. The maximum Gasteiger partial charge on any atom is 0.319 e. The van der Waals surface area contributed by atoms with Crippen LogP contribution >= 0.6 is 12.4 Å². The molecule has 0 radical (unpaired) electrons. The minimum atomic E-state index is -0.337. The lowest BCUT2D eigenvalue weighted by atomic mass is 10.0. The van der Waals surface area contributed by atoms with Crippen molar-refractivity contribution in [2.24, 2.45) is 0 Å². The van der Waals surface area contributed by atoms with Gasteiger partial charge in [-0.05, 0) is 56.5 Å². The van der Waals surface area contributed by atoms with Crippen LogP contribution < -0.4 is 16.0 Å². The third-order valence-corrected chi connectivity index (χ3v) is 4.87. The van der Waals surface area contributed by atoms with Crippen LogP contribution in [-0.2, 0) is 4.79 Å².